The maximum Gasteiger partial charge on any atom is 0.228 e. The summed E-state index contributed by atoms with van der Waals surface area (Å²) in [7, 11) is 0. The molecule has 4 nitrogen and oxygen atoms in total. The Labute approximate surface area is 104 Å². The Hall–Kier alpha value is -1.46. The number of benzene rings is 1. The number of hydrogen-bond acceptors (Lipinski definition) is 3. The van der Waals surface area contributed by atoms with Crippen LogP contribution >= 0.6 is 0 Å². The molecule has 0 aromatic heterocycles. The largest absolute Gasteiger partial charge is 0.386 e. The molecule has 3 rings (SSSR count). The molecule has 2 unspecified atom stereocenters. The fourth-order valence-electron chi connectivity index (χ4n) is 2.62. The topological polar surface area (TPSA) is 58.6 Å². The number of fused-ring (bicyclic) bond motifs is 1. The first-order valence-corrected chi connectivity index (χ1v) is 6.07. The molecule has 2 heterocycles. The third kappa shape index (κ3) is 1.89. The van der Waals surface area contributed by atoms with E-state index < -0.39 is 11.9 Å². The predicted molar refractivity (Wildman–Crippen MR) is 62.7 cm³/mol. The monoisotopic (exact) mass is 251 g/mol. The third-order valence-corrected chi connectivity index (χ3v) is 3.47. The molecule has 0 radical (unpaired) electrons. The van der Waals surface area contributed by atoms with E-state index in [9.17, 15) is 14.3 Å². The fraction of sp³-hybridized carbons (Fsp3) is 0.462. The summed E-state index contributed by atoms with van der Waals surface area (Å²) in [6.07, 6.45) is 0.605. The lowest BCUT2D eigenvalue weighted by molar-refractivity contribution is -0.115. The Balaban J connectivity index is 1.98. The number of halogens is 1. The van der Waals surface area contributed by atoms with Crippen LogP contribution in [0.5, 0.6) is 0 Å². The third-order valence-electron chi connectivity index (χ3n) is 3.47. The Morgan fingerprint density at radius 3 is 3.06 bits per heavy atom. The van der Waals surface area contributed by atoms with Crippen molar-refractivity contribution in [2.24, 2.45) is 0 Å². The van der Waals surface area contributed by atoms with Crippen molar-refractivity contribution in [1.82, 2.24) is 0 Å². The van der Waals surface area contributed by atoms with Gasteiger partial charge in [-0.3, -0.25) is 4.79 Å². The van der Waals surface area contributed by atoms with Gasteiger partial charge in [0.1, 0.15) is 11.9 Å². The maximum atomic E-state index is 13.5. The van der Waals surface area contributed by atoms with Crippen molar-refractivity contribution in [1.29, 1.82) is 0 Å². The van der Waals surface area contributed by atoms with Crippen LogP contribution in [0.1, 0.15) is 30.1 Å². The van der Waals surface area contributed by atoms with Gasteiger partial charge >= 0.3 is 0 Å². The molecule has 5 heteroatoms. The molecule has 96 valence electrons. The zero-order valence-corrected chi connectivity index (χ0v) is 9.78. The summed E-state index contributed by atoms with van der Waals surface area (Å²) in [6, 6.07) is 2.61. The number of carbonyl (C=O) groups excluding carboxylic acids is 1. The summed E-state index contributed by atoms with van der Waals surface area (Å²) in [6.45, 7) is 0.617. The molecule has 18 heavy (non-hydrogen) atoms. The van der Waals surface area contributed by atoms with Crippen LogP contribution in [0.4, 0.5) is 10.1 Å². The molecule has 2 aliphatic heterocycles. The molecule has 2 aliphatic rings. The molecule has 0 saturated carbocycles. The molecule has 1 aromatic carbocycles. The molecular weight excluding hydrogens is 237 g/mol. The van der Waals surface area contributed by atoms with Crippen LogP contribution in [0.15, 0.2) is 12.1 Å². The first kappa shape index (κ1) is 11.6. The first-order valence-electron chi connectivity index (χ1n) is 6.07. The second-order valence-electron chi connectivity index (χ2n) is 4.75. The molecular formula is C13H14FNO3. The minimum absolute atomic E-state index is 0.165. The smallest absolute Gasteiger partial charge is 0.228 e. The molecule has 0 aliphatic carbocycles. The van der Waals surface area contributed by atoms with Crippen LogP contribution in [0.2, 0.25) is 0 Å². The van der Waals surface area contributed by atoms with Crippen molar-refractivity contribution < 1.29 is 19.0 Å². The standard InChI is InChI=1S/C13H14FNO3/c14-8-4-7-5-11(16)15-12(7)9(6-8)13(17)10-2-1-3-18-10/h4,6,10,13,17H,1-3,5H2,(H,15,16). The maximum absolute atomic E-state index is 13.5. The Morgan fingerprint density at radius 2 is 2.33 bits per heavy atom. The van der Waals surface area contributed by atoms with Crippen LogP contribution in [0.25, 0.3) is 0 Å². The summed E-state index contributed by atoms with van der Waals surface area (Å²) in [5, 5.41) is 12.9. The second kappa shape index (κ2) is 4.33. The summed E-state index contributed by atoms with van der Waals surface area (Å²) in [5.74, 6) is -0.603. The van der Waals surface area contributed by atoms with E-state index in [1.165, 1.54) is 12.1 Å². The van der Waals surface area contributed by atoms with Gasteiger partial charge in [-0.05, 0) is 30.5 Å². The van der Waals surface area contributed by atoms with Gasteiger partial charge in [0, 0.05) is 12.2 Å². The Morgan fingerprint density at radius 1 is 1.50 bits per heavy atom. The summed E-state index contributed by atoms with van der Waals surface area (Å²) in [4.78, 5) is 11.4. The molecule has 1 aromatic rings. The van der Waals surface area contributed by atoms with Gasteiger partial charge in [0.25, 0.3) is 0 Å². The molecule has 2 N–H and O–H groups in total. The van der Waals surface area contributed by atoms with Gasteiger partial charge < -0.3 is 15.2 Å². The minimum atomic E-state index is -0.893. The van der Waals surface area contributed by atoms with E-state index in [0.29, 0.717) is 23.4 Å². The predicted octanol–water partition coefficient (Wildman–Crippen LogP) is 1.53. The van der Waals surface area contributed by atoms with E-state index in [0.717, 1.165) is 12.8 Å². The molecule has 1 saturated heterocycles. The van der Waals surface area contributed by atoms with Gasteiger partial charge in [-0.2, -0.15) is 0 Å². The van der Waals surface area contributed by atoms with Crippen molar-refractivity contribution >= 4 is 11.6 Å². The van der Waals surface area contributed by atoms with Crippen molar-refractivity contribution in [2.45, 2.75) is 31.5 Å². The SMILES string of the molecule is O=C1Cc2cc(F)cc(C(O)C3CCCO3)c2N1. The second-order valence-corrected chi connectivity index (χ2v) is 4.75. The Kier molecular flexibility index (Phi) is 2.80. The number of anilines is 1. The zero-order valence-electron chi connectivity index (χ0n) is 9.78. The molecule has 2 atom stereocenters. The van der Waals surface area contributed by atoms with Gasteiger partial charge in [-0.25, -0.2) is 4.39 Å². The fourth-order valence-corrected chi connectivity index (χ4v) is 2.62. The van der Waals surface area contributed by atoms with E-state index >= 15 is 0 Å². The van der Waals surface area contributed by atoms with Crippen molar-refractivity contribution in [2.75, 3.05) is 11.9 Å². The molecule has 1 fully saturated rings. The van der Waals surface area contributed by atoms with Crippen LogP contribution in [-0.2, 0) is 16.0 Å². The van der Waals surface area contributed by atoms with Crippen molar-refractivity contribution in [3.63, 3.8) is 0 Å². The van der Waals surface area contributed by atoms with Crippen LogP contribution < -0.4 is 5.32 Å². The minimum Gasteiger partial charge on any atom is -0.386 e. The lowest BCUT2D eigenvalue weighted by Crippen LogP contribution is -2.18. The van der Waals surface area contributed by atoms with E-state index in [4.69, 9.17) is 4.74 Å². The average Bonchev–Trinajstić information content (AvgIpc) is 2.94. The van der Waals surface area contributed by atoms with Gasteiger partial charge in [-0.15, -0.1) is 0 Å². The highest BCUT2D eigenvalue weighted by molar-refractivity contribution is 6.00. The van der Waals surface area contributed by atoms with Crippen molar-refractivity contribution in [3.05, 3.63) is 29.1 Å². The van der Waals surface area contributed by atoms with E-state index in [-0.39, 0.29) is 18.4 Å². The lowest BCUT2D eigenvalue weighted by atomic mass is 9.98. The molecule has 0 spiro atoms. The van der Waals surface area contributed by atoms with Crippen LogP contribution in [-0.4, -0.2) is 23.7 Å². The summed E-state index contributed by atoms with van der Waals surface area (Å²) >= 11 is 0. The van der Waals surface area contributed by atoms with Gasteiger partial charge in [0.2, 0.25) is 5.91 Å². The van der Waals surface area contributed by atoms with E-state index in [2.05, 4.69) is 5.32 Å². The number of hydrogen-bond donors (Lipinski definition) is 2. The highest BCUT2D eigenvalue weighted by atomic mass is 19.1. The van der Waals surface area contributed by atoms with Crippen LogP contribution in [0, 0.1) is 5.82 Å². The highest BCUT2D eigenvalue weighted by Crippen LogP contribution is 2.36. The van der Waals surface area contributed by atoms with Crippen LogP contribution in [0.3, 0.4) is 0 Å². The normalized spacial score (nSPS) is 23.9. The summed E-state index contributed by atoms with van der Waals surface area (Å²) < 4.78 is 18.9. The Bertz CT molecular complexity index is 497. The van der Waals surface area contributed by atoms with Gasteiger partial charge in [0.15, 0.2) is 0 Å². The molecule has 1 amide bonds. The molecule has 0 bridgehead atoms. The highest BCUT2D eigenvalue weighted by Gasteiger charge is 2.31. The van der Waals surface area contributed by atoms with Crippen molar-refractivity contribution in [3.8, 4) is 0 Å². The number of carbonyl (C=O) groups is 1. The number of rotatable bonds is 2. The quantitative estimate of drug-likeness (QED) is 0.838. The number of amides is 1. The zero-order chi connectivity index (χ0) is 12.7. The summed E-state index contributed by atoms with van der Waals surface area (Å²) in [5.41, 5.74) is 1.57. The van der Waals surface area contributed by atoms with E-state index in [1.54, 1.807) is 0 Å². The first-order chi connectivity index (χ1) is 8.65. The number of nitrogens with one attached hydrogen (secondary N) is 1. The number of aliphatic hydroxyl groups is 1. The average molecular weight is 251 g/mol. The van der Waals surface area contributed by atoms with E-state index in [1.807, 2.05) is 0 Å². The number of ether oxygens (including phenoxy) is 1. The number of aliphatic hydroxyl groups excluding tert-OH is 1. The van der Waals surface area contributed by atoms with Gasteiger partial charge in [0.05, 0.1) is 18.2 Å². The lowest BCUT2D eigenvalue weighted by Gasteiger charge is -2.20. The van der Waals surface area contributed by atoms with Gasteiger partial charge in [-0.1, -0.05) is 0 Å².